The first-order valence-electron chi connectivity index (χ1n) is 10.7. The van der Waals surface area contributed by atoms with E-state index in [1.807, 2.05) is 24.3 Å². The molecular weight excluding hydrogens is 360 g/mol. The van der Waals surface area contributed by atoms with Gasteiger partial charge in [-0.3, -0.25) is 9.59 Å². The van der Waals surface area contributed by atoms with Gasteiger partial charge >= 0.3 is 0 Å². The van der Waals surface area contributed by atoms with Crippen LogP contribution in [0, 0.1) is 0 Å². The molecule has 2 aromatic rings. The summed E-state index contributed by atoms with van der Waals surface area (Å²) in [6, 6.07) is 16.0. The maximum Gasteiger partial charge on any atom is 0.224 e. The van der Waals surface area contributed by atoms with Crippen LogP contribution in [0.4, 0.5) is 11.4 Å². The summed E-state index contributed by atoms with van der Waals surface area (Å²) in [5, 5.41) is 5.80. The molecule has 0 aliphatic rings. The van der Waals surface area contributed by atoms with Crippen LogP contribution in [-0.4, -0.2) is 11.8 Å². The van der Waals surface area contributed by atoms with Gasteiger partial charge in [0.05, 0.1) is 0 Å². The molecule has 0 fully saturated rings. The van der Waals surface area contributed by atoms with Crippen molar-refractivity contribution in [3.63, 3.8) is 0 Å². The second-order valence-electron chi connectivity index (χ2n) is 7.81. The lowest BCUT2D eigenvalue weighted by atomic mass is 9.98. The van der Waals surface area contributed by atoms with Crippen molar-refractivity contribution in [2.24, 2.45) is 0 Å². The fourth-order valence-corrected chi connectivity index (χ4v) is 3.12. The average molecular weight is 395 g/mol. The Morgan fingerprint density at radius 1 is 0.690 bits per heavy atom. The molecule has 29 heavy (non-hydrogen) atoms. The van der Waals surface area contributed by atoms with Crippen LogP contribution in [0.1, 0.15) is 82.8 Å². The van der Waals surface area contributed by atoms with E-state index in [9.17, 15) is 9.59 Å². The van der Waals surface area contributed by atoms with Gasteiger partial charge in [-0.25, -0.2) is 0 Å². The molecule has 2 aromatic carbocycles. The minimum absolute atomic E-state index is 0.0630. The Morgan fingerprint density at radius 3 is 1.34 bits per heavy atom. The van der Waals surface area contributed by atoms with E-state index in [2.05, 4.69) is 62.6 Å². The van der Waals surface area contributed by atoms with Crippen molar-refractivity contribution < 1.29 is 9.59 Å². The molecule has 0 radical (unpaired) electrons. The molecule has 0 bridgehead atoms. The Morgan fingerprint density at radius 2 is 1.03 bits per heavy atom. The third-order valence-corrected chi connectivity index (χ3v) is 5.56. The summed E-state index contributed by atoms with van der Waals surface area (Å²) in [7, 11) is 0. The zero-order valence-corrected chi connectivity index (χ0v) is 18.1. The normalized spacial score (nSPS) is 12.8. The lowest BCUT2D eigenvalue weighted by molar-refractivity contribution is -0.117. The highest BCUT2D eigenvalue weighted by Crippen LogP contribution is 2.21. The third kappa shape index (κ3) is 7.37. The monoisotopic (exact) mass is 394 g/mol. The lowest BCUT2D eigenvalue weighted by Crippen LogP contribution is -2.15. The van der Waals surface area contributed by atoms with Crippen LogP contribution < -0.4 is 10.6 Å². The van der Waals surface area contributed by atoms with E-state index >= 15 is 0 Å². The molecule has 0 saturated carbocycles. The minimum atomic E-state index is -0.0630. The largest absolute Gasteiger partial charge is 0.326 e. The number of amides is 2. The number of carbonyl (C=O) groups is 2. The first kappa shape index (κ1) is 22.7. The Labute approximate surface area is 175 Å². The van der Waals surface area contributed by atoms with Gasteiger partial charge in [-0.1, -0.05) is 52.0 Å². The third-order valence-electron chi connectivity index (χ3n) is 5.56. The highest BCUT2D eigenvalue weighted by molar-refractivity contribution is 5.93. The van der Waals surface area contributed by atoms with Crippen molar-refractivity contribution in [1.29, 1.82) is 0 Å². The standard InChI is InChI=1S/C25H34N2O2/c1-5-18(3)20-10-14-22(15-11-20)26-24(28)8-7-9-25(29)27-23-16-12-21(13-17-23)19(4)6-2/h10-19H,5-9H2,1-4H3,(H,26,28)(H,27,29). The molecule has 0 aliphatic heterocycles. The van der Waals surface area contributed by atoms with Gasteiger partial charge < -0.3 is 10.6 Å². The number of rotatable bonds is 10. The smallest absolute Gasteiger partial charge is 0.224 e. The summed E-state index contributed by atoms with van der Waals surface area (Å²) in [5.41, 5.74) is 4.15. The van der Waals surface area contributed by atoms with Crippen molar-refractivity contribution >= 4 is 23.2 Å². The summed E-state index contributed by atoms with van der Waals surface area (Å²) >= 11 is 0. The summed E-state index contributed by atoms with van der Waals surface area (Å²) in [6.07, 6.45) is 3.36. The molecule has 2 unspecified atom stereocenters. The number of hydrogen-bond donors (Lipinski definition) is 2. The molecule has 2 amide bonds. The van der Waals surface area contributed by atoms with Crippen LogP contribution >= 0.6 is 0 Å². The van der Waals surface area contributed by atoms with Gasteiger partial charge in [-0.2, -0.15) is 0 Å². The number of hydrogen-bond acceptors (Lipinski definition) is 2. The fraction of sp³-hybridized carbons (Fsp3) is 0.440. The number of nitrogens with one attached hydrogen (secondary N) is 2. The van der Waals surface area contributed by atoms with E-state index < -0.39 is 0 Å². The Balaban J connectivity index is 1.72. The van der Waals surface area contributed by atoms with E-state index in [0.717, 1.165) is 24.2 Å². The Bertz CT molecular complexity index is 714. The SMILES string of the molecule is CCC(C)c1ccc(NC(=O)CCCC(=O)Nc2ccc(C(C)CC)cc2)cc1. The molecule has 0 heterocycles. The summed E-state index contributed by atoms with van der Waals surface area (Å²) in [5.74, 6) is 0.910. The maximum atomic E-state index is 12.1. The van der Waals surface area contributed by atoms with Gasteiger partial charge in [0.25, 0.3) is 0 Å². The second kappa shape index (κ2) is 11.4. The predicted octanol–water partition coefficient (Wildman–Crippen LogP) is 6.46. The predicted molar refractivity (Wildman–Crippen MR) is 121 cm³/mol. The van der Waals surface area contributed by atoms with Crippen LogP contribution in [0.2, 0.25) is 0 Å². The van der Waals surface area contributed by atoms with E-state index in [1.165, 1.54) is 11.1 Å². The maximum absolute atomic E-state index is 12.1. The molecule has 2 N–H and O–H groups in total. The van der Waals surface area contributed by atoms with E-state index in [0.29, 0.717) is 31.1 Å². The Kier molecular flexibility index (Phi) is 8.91. The topological polar surface area (TPSA) is 58.2 Å². The number of anilines is 2. The number of carbonyl (C=O) groups excluding carboxylic acids is 2. The molecule has 0 aromatic heterocycles. The van der Waals surface area contributed by atoms with Crippen LogP contribution in [0.3, 0.4) is 0 Å². The lowest BCUT2D eigenvalue weighted by Gasteiger charge is -2.11. The summed E-state index contributed by atoms with van der Waals surface area (Å²) in [6.45, 7) is 8.72. The van der Waals surface area contributed by atoms with E-state index in [-0.39, 0.29) is 11.8 Å². The van der Waals surface area contributed by atoms with E-state index in [4.69, 9.17) is 0 Å². The molecule has 0 saturated heterocycles. The first-order valence-corrected chi connectivity index (χ1v) is 10.7. The first-order chi connectivity index (χ1) is 13.9. The zero-order valence-electron chi connectivity index (χ0n) is 18.1. The van der Waals surface area contributed by atoms with Crippen molar-refractivity contribution in [1.82, 2.24) is 0 Å². The molecule has 156 valence electrons. The minimum Gasteiger partial charge on any atom is -0.326 e. The number of benzene rings is 2. The van der Waals surface area contributed by atoms with Crippen LogP contribution in [0.15, 0.2) is 48.5 Å². The van der Waals surface area contributed by atoms with Crippen molar-refractivity contribution in [2.45, 2.75) is 71.6 Å². The Hall–Kier alpha value is -2.62. The van der Waals surface area contributed by atoms with Gasteiger partial charge in [-0.05, 0) is 66.5 Å². The van der Waals surface area contributed by atoms with Crippen molar-refractivity contribution in [3.05, 3.63) is 59.7 Å². The highest BCUT2D eigenvalue weighted by atomic mass is 16.2. The van der Waals surface area contributed by atoms with Crippen molar-refractivity contribution in [3.8, 4) is 0 Å². The van der Waals surface area contributed by atoms with Crippen LogP contribution in [0.5, 0.6) is 0 Å². The molecule has 2 atom stereocenters. The fourth-order valence-electron chi connectivity index (χ4n) is 3.12. The molecular formula is C25H34N2O2. The van der Waals surface area contributed by atoms with Gasteiger partial charge in [0, 0.05) is 24.2 Å². The van der Waals surface area contributed by atoms with Gasteiger partial charge in [-0.15, -0.1) is 0 Å². The van der Waals surface area contributed by atoms with Crippen LogP contribution in [0.25, 0.3) is 0 Å². The average Bonchev–Trinajstić information content (AvgIpc) is 2.73. The highest BCUT2D eigenvalue weighted by Gasteiger charge is 2.08. The summed E-state index contributed by atoms with van der Waals surface area (Å²) < 4.78 is 0. The molecule has 2 rings (SSSR count). The molecule has 0 aliphatic carbocycles. The van der Waals surface area contributed by atoms with Crippen molar-refractivity contribution in [2.75, 3.05) is 10.6 Å². The molecule has 4 heteroatoms. The zero-order chi connectivity index (χ0) is 21.2. The van der Waals surface area contributed by atoms with Gasteiger partial charge in [0.1, 0.15) is 0 Å². The van der Waals surface area contributed by atoms with E-state index in [1.54, 1.807) is 0 Å². The van der Waals surface area contributed by atoms with Crippen LogP contribution in [-0.2, 0) is 9.59 Å². The van der Waals surface area contributed by atoms with Gasteiger partial charge in [0.15, 0.2) is 0 Å². The second-order valence-corrected chi connectivity index (χ2v) is 7.81. The molecule has 4 nitrogen and oxygen atoms in total. The van der Waals surface area contributed by atoms with Gasteiger partial charge in [0.2, 0.25) is 11.8 Å². The summed E-state index contributed by atoms with van der Waals surface area (Å²) in [4.78, 5) is 24.2. The quantitative estimate of drug-likeness (QED) is 0.486. The molecule has 0 spiro atoms.